The Hall–Kier alpha value is -5.77. The number of carbonyl (C=O) groups is 4. The quantitative estimate of drug-likeness (QED) is 0.0900. The summed E-state index contributed by atoms with van der Waals surface area (Å²) >= 11 is 0. The van der Waals surface area contributed by atoms with Gasteiger partial charge in [-0.25, -0.2) is 4.79 Å². The molecular formula is C37H38N4O6. The van der Waals surface area contributed by atoms with E-state index in [-0.39, 0.29) is 35.6 Å². The van der Waals surface area contributed by atoms with E-state index in [0.717, 1.165) is 5.56 Å². The predicted molar refractivity (Wildman–Crippen MR) is 180 cm³/mol. The lowest BCUT2D eigenvalue weighted by atomic mass is 9.84. The molecule has 0 bridgehead atoms. The molecule has 1 atom stereocenters. The highest BCUT2D eigenvalue weighted by molar-refractivity contribution is 6.11. The van der Waals surface area contributed by atoms with Gasteiger partial charge in [-0.05, 0) is 64.6 Å². The summed E-state index contributed by atoms with van der Waals surface area (Å²) in [6.07, 6.45) is -0.0320. The number of nitrogens with two attached hydrogens (primary N) is 1. The number of ether oxygens (including phenoxy) is 2. The number of carbonyl (C=O) groups excluding carboxylic acids is 4. The zero-order valence-electron chi connectivity index (χ0n) is 26.8. The summed E-state index contributed by atoms with van der Waals surface area (Å²) in [6.45, 7) is 5.70. The minimum Gasteiger partial charge on any atom is -0.469 e. The van der Waals surface area contributed by atoms with Crippen LogP contribution in [0.5, 0.6) is 0 Å². The zero-order chi connectivity index (χ0) is 34.1. The van der Waals surface area contributed by atoms with E-state index in [1.54, 1.807) is 60.7 Å². The van der Waals surface area contributed by atoms with Gasteiger partial charge in [-0.1, -0.05) is 75.4 Å². The molecule has 10 nitrogen and oxygen atoms in total. The fraction of sp³-hybridized carbons (Fsp3) is 0.216. The number of hydrogen-bond donors (Lipinski definition) is 4. The van der Waals surface area contributed by atoms with Crippen molar-refractivity contribution in [1.82, 2.24) is 5.32 Å². The summed E-state index contributed by atoms with van der Waals surface area (Å²) in [5, 5.41) is 13.3. The van der Waals surface area contributed by atoms with Crippen molar-refractivity contribution in [2.24, 2.45) is 11.1 Å². The lowest BCUT2D eigenvalue weighted by Gasteiger charge is -2.30. The number of amidine groups is 1. The molecule has 0 aliphatic rings. The highest BCUT2D eigenvalue weighted by atomic mass is 16.5. The maximum atomic E-state index is 13.7. The molecule has 0 saturated carbocycles. The van der Waals surface area contributed by atoms with E-state index in [1.807, 2.05) is 51.1 Å². The van der Waals surface area contributed by atoms with Crippen LogP contribution in [0.3, 0.4) is 0 Å². The van der Waals surface area contributed by atoms with Crippen molar-refractivity contribution >= 4 is 35.3 Å². The smallest absolute Gasteiger partial charge is 0.339 e. The van der Waals surface area contributed by atoms with Crippen LogP contribution in [-0.2, 0) is 20.9 Å². The van der Waals surface area contributed by atoms with Gasteiger partial charge < -0.3 is 25.8 Å². The minimum absolute atomic E-state index is 0.000837. The third-order valence-corrected chi connectivity index (χ3v) is 7.58. The molecule has 10 heteroatoms. The van der Waals surface area contributed by atoms with Crippen LogP contribution in [0, 0.1) is 10.8 Å². The van der Waals surface area contributed by atoms with Crippen LogP contribution in [0.25, 0.3) is 11.1 Å². The molecule has 0 fully saturated rings. The van der Waals surface area contributed by atoms with Gasteiger partial charge in [0.2, 0.25) is 0 Å². The van der Waals surface area contributed by atoms with E-state index in [4.69, 9.17) is 20.6 Å². The average molecular weight is 635 g/mol. The highest BCUT2D eigenvalue weighted by Gasteiger charge is 2.30. The van der Waals surface area contributed by atoms with Crippen molar-refractivity contribution in [3.8, 4) is 11.1 Å². The number of hydrogen-bond acceptors (Lipinski definition) is 7. The van der Waals surface area contributed by atoms with E-state index in [9.17, 15) is 19.2 Å². The van der Waals surface area contributed by atoms with Gasteiger partial charge in [0.1, 0.15) is 12.4 Å². The van der Waals surface area contributed by atoms with Crippen LogP contribution in [0.1, 0.15) is 69.4 Å². The van der Waals surface area contributed by atoms with Crippen LogP contribution in [0.2, 0.25) is 0 Å². The van der Waals surface area contributed by atoms with Gasteiger partial charge in [0, 0.05) is 28.4 Å². The number of nitrogen functional groups attached to an aromatic ring is 1. The summed E-state index contributed by atoms with van der Waals surface area (Å²) in [5.74, 6) is -2.16. The highest BCUT2D eigenvalue weighted by Crippen LogP contribution is 2.30. The molecule has 47 heavy (non-hydrogen) atoms. The topological polar surface area (TPSA) is 161 Å². The summed E-state index contributed by atoms with van der Waals surface area (Å²) in [5.41, 5.74) is 8.23. The first-order chi connectivity index (χ1) is 22.4. The zero-order valence-corrected chi connectivity index (χ0v) is 26.8. The monoisotopic (exact) mass is 634 g/mol. The van der Waals surface area contributed by atoms with Crippen molar-refractivity contribution in [2.45, 2.75) is 39.8 Å². The Morgan fingerprint density at radius 1 is 0.787 bits per heavy atom. The van der Waals surface area contributed by atoms with Gasteiger partial charge in [0.15, 0.2) is 0 Å². The van der Waals surface area contributed by atoms with Crippen molar-refractivity contribution < 1.29 is 28.7 Å². The number of esters is 2. The molecular weight excluding hydrogens is 596 g/mol. The van der Waals surface area contributed by atoms with E-state index in [1.165, 1.54) is 13.2 Å². The van der Waals surface area contributed by atoms with Gasteiger partial charge in [-0.2, -0.15) is 0 Å². The van der Waals surface area contributed by atoms with Gasteiger partial charge in [-0.15, -0.1) is 0 Å². The lowest BCUT2D eigenvalue weighted by Crippen LogP contribution is -2.45. The number of anilines is 1. The van der Waals surface area contributed by atoms with Crippen LogP contribution < -0.4 is 16.4 Å². The Bertz CT molecular complexity index is 1780. The van der Waals surface area contributed by atoms with Gasteiger partial charge >= 0.3 is 11.9 Å². The van der Waals surface area contributed by atoms with Crippen molar-refractivity contribution in [3.63, 3.8) is 0 Å². The molecule has 4 aromatic carbocycles. The van der Waals surface area contributed by atoms with Crippen molar-refractivity contribution in [2.75, 3.05) is 12.4 Å². The first-order valence-electron chi connectivity index (χ1n) is 15.0. The molecule has 4 rings (SSSR count). The van der Waals surface area contributed by atoms with Crippen LogP contribution >= 0.6 is 0 Å². The standard InChI is InChI=1S/C37H38N4O6/c1-37(2,3)31(21-32(42)46-4)41-34(43)25-16-19-28(30(20-25)36(45)47-22-23-10-6-5-7-11-23)27-12-8-9-13-29(27)35(44)40-26-17-14-24(15-18-26)33(38)39/h5-20,31H,21-22H2,1-4H3,(H3,38,39)(H,40,44)(H,41,43)/t31-/m1/s1. The largest absolute Gasteiger partial charge is 0.469 e. The second-order valence-electron chi connectivity index (χ2n) is 12.0. The molecule has 0 heterocycles. The Labute approximate surface area is 273 Å². The predicted octanol–water partition coefficient (Wildman–Crippen LogP) is 5.95. The van der Waals surface area contributed by atoms with Crippen molar-refractivity contribution in [3.05, 3.63) is 125 Å². The Kier molecular flexibility index (Phi) is 10.9. The summed E-state index contributed by atoms with van der Waals surface area (Å²) in [7, 11) is 1.29. The normalized spacial score (nSPS) is 11.6. The fourth-order valence-electron chi connectivity index (χ4n) is 4.80. The average Bonchev–Trinajstić information content (AvgIpc) is 3.06. The maximum Gasteiger partial charge on any atom is 0.339 e. The second kappa shape index (κ2) is 15.0. The third-order valence-electron chi connectivity index (χ3n) is 7.58. The fourth-order valence-corrected chi connectivity index (χ4v) is 4.80. The molecule has 4 aromatic rings. The third kappa shape index (κ3) is 8.91. The van der Waals surface area contributed by atoms with Gasteiger partial charge in [0.25, 0.3) is 11.8 Å². The molecule has 2 amide bonds. The summed E-state index contributed by atoms with van der Waals surface area (Å²) in [6, 6.07) is 26.6. The number of benzene rings is 4. The van der Waals surface area contributed by atoms with E-state index < -0.39 is 35.2 Å². The molecule has 0 aromatic heterocycles. The number of rotatable bonds is 11. The summed E-state index contributed by atoms with van der Waals surface area (Å²) in [4.78, 5) is 52.8. The molecule has 0 radical (unpaired) electrons. The first kappa shape index (κ1) is 34.1. The van der Waals surface area contributed by atoms with Gasteiger partial charge in [0.05, 0.1) is 19.1 Å². The SMILES string of the molecule is COC(=O)C[C@@H](NC(=O)c1ccc(-c2ccccc2C(=O)Nc2ccc(C(=N)N)cc2)c(C(=O)OCc2ccccc2)c1)C(C)(C)C. The van der Waals surface area contributed by atoms with E-state index in [0.29, 0.717) is 22.4 Å². The minimum atomic E-state index is -0.685. The summed E-state index contributed by atoms with van der Waals surface area (Å²) < 4.78 is 10.5. The Morgan fingerprint density at radius 2 is 1.40 bits per heavy atom. The molecule has 5 N–H and O–H groups in total. The molecule has 0 saturated heterocycles. The second-order valence-corrected chi connectivity index (χ2v) is 12.0. The van der Waals surface area contributed by atoms with Crippen molar-refractivity contribution in [1.29, 1.82) is 5.41 Å². The maximum absolute atomic E-state index is 13.7. The van der Waals surface area contributed by atoms with E-state index >= 15 is 0 Å². The van der Waals surface area contributed by atoms with Crippen LogP contribution in [0.15, 0.2) is 97.1 Å². The lowest BCUT2D eigenvalue weighted by molar-refractivity contribution is -0.141. The number of methoxy groups -OCH3 is 1. The van der Waals surface area contributed by atoms with Gasteiger partial charge in [-0.3, -0.25) is 19.8 Å². The number of amides is 2. The first-order valence-corrected chi connectivity index (χ1v) is 15.0. The molecule has 0 spiro atoms. The number of nitrogens with one attached hydrogen (secondary N) is 3. The Morgan fingerprint density at radius 3 is 2.04 bits per heavy atom. The Balaban J connectivity index is 1.71. The molecule has 0 aliphatic carbocycles. The molecule has 0 unspecified atom stereocenters. The van der Waals surface area contributed by atoms with Crippen LogP contribution in [0.4, 0.5) is 5.69 Å². The molecule has 0 aliphatic heterocycles. The van der Waals surface area contributed by atoms with Crippen LogP contribution in [-0.4, -0.2) is 42.7 Å². The van der Waals surface area contributed by atoms with E-state index in [2.05, 4.69) is 10.6 Å². The molecule has 242 valence electrons.